The minimum atomic E-state index is -0.341. The molecule has 0 aliphatic heterocycles. The number of hydrogen-bond acceptors (Lipinski definition) is 3. The van der Waals surface area contributed by atoms with Gasteiger partial charge in [0.15, 0.2) is 0 Å². The van der Waals surface area contributed by atoms with Gasteiger partial charge in [0.1, 0.15) is 18.2 Å². The summed E-state index contributed by atoms with van der Waals surface area (Å²) in [4.78, 5) is 0.913. The zero-order valence-electron chi connectivity index (χ0n) is 9.82. The summed E-state index contributed by atoms with van der Waals surface area (Å²) in [6, 6.07) is 5.97. The van der Waals surface area contributed by atoms with Crippen LogP contribution in [0.4, 0.5) is 4.39 Å². The van der Waals surface area contributed by atoms with Gasteiger partial charge in [0.05, 0.1) is 9.90 Å². The molecule has 96 valence electrons. The lowest BCUT2D eigenvalue weighted by atomic mass is 10.1. The minimum absolute atomic E-state index is 0.209. The van der Waals surface area contributed by atoms with Crippen molar-refractivity contribution >= 4 is 22.9 Å². The highest BCUT2D eigenvalue weighted by molar-refractivity contribution is 7.10. The summed E-state index contributed by atoms with van der Waals surface area (Å²) in [6.07, 6.45) is 0. The molecule has 1 atom stereocenters. The third-order valence-electron chi connectivity index (χ3n) is 2.52. The van der Waals surface area contributed by atoms with Gasteiger partial charge in [-0.2, -0.15) is 0 Å². The molecule has 1 aromatic heterocycles. The van der Waals surface area contributed by atoms with Crippen molar-refractivity contribution in [1.82, 2.24) is 0 Å². The Labute approximate surface area is 114 Å². The van der Waals surface area contributed by atoms with Crippen molar-refractivity contribution in [2.24, 2.45) is 5.73 Å². The Bertz CT molecular complexity index is 542. The van der Waals surface area contributed by atoms with Crippen molar-refractivity contribution in [1.29, 1.82) is 0 Å². The molecular formula is C13H13ClFNOS. The highest BCUT2D eigenvalue weighted by Gasteiger charge is 2.11. The molecule has 2 N–H and O–H groups in total. The summed E-state index contributed by atoms with van der Waals surface area (Å²) in [5.41, 5.74) is 6.60. The van der Waals surface area contributed by atoms with E-state index in [4.69, 9.17) is 22.1 Å². The Kier molecular flexibility index (Phi) is 4.22. The first kappa shape index (κ1) is 13.3. The van der Waals surface area contributed by atoms with Gasteiger partial charge in [-0.3, -0.25) is 0 Å². The summed E-state index contributed by atoms with van der Waals surface area (Å²) < 4.78 is 18.8. The molecule has 0 spiro atoms. The molecule has 2 rings (SSSR count). The van der Waals surface area contributed by atoms with Crippen molar-refractivity contribution in [3.63, 3.8) is 0 Å². The average Bonchev–Trinajstić information content (AvgIpc) is 2.72. The van der Waals surface area contributed by atoms with Crippen LogP contribution in [0.1, 0.15) is 23.4 Å². The fourth-order valence-electron chi connectivity index (χ4n) is 1.58. The Balaban J connectivity index is 2.18. The normalized spacial score (nSPS) is 12.4. The van der Waals surface area contributed by atoms with Crippen molar-refractivity contribution in [2.45, 2.75) is 19.6 Å². The highest BCUT2D eigenvalue weighted by atomic mass is 35.5. The van der Waals surface area contributed by atoms with Gasteiger partial charge >= 0.3 is 0 Å². The molecule has 1 aromatic carbocycles. The first-order valence-electron chi connectivity index (χ1n) is 5.47. The molecule has 0 aliphatic rings. The van der Waals surface area contributed by atoms with Crippen LogP contribution >= 0.6 is 22.9 Å². The van der Waals surface area contributed by atoms with Crippen LogP contribution in [0.2, 0.25) is 5.02 Å². The van der Waals surface area contributed by atoms with Gasteiger partial charge < -0.3 is 10.5 Å². The zero-order valence-corrected chi connectivity index (χ0v) is 11.4. The van der Waals surface area contributed by atoms with Gasteiger partial charge in [-0.1, -0.05) is 17.7 Å². The fourth-order valence-corrected chi connectivity index (χ4v) is 2.58. The Morgan fingerprint density at radius 1 is 1.44 bits per heavy atom. The van der Waals surface area contributed by atoms with Gasteiger partial charge in [0.25, 0.3) is 0 Å². The fraction of sp³-hybridized carbons (Fsp3) is 0.231. The quantitative estimate of drug-likeness (QED) is 0.916. The monoisotopic (exact) mass is 285 g/mol. The van der Waals surface area contributed by atoms with E-state index in [9.17, 15) is 4.39 Å². The molecule has 1 heterocycles. The van der Waals surface area contributed by atoms with Gasteiger partial charge in [0, 0.05) is 17.7 Å². The number of hydrogen-bond donors (Lipinski definition) is 1. The first-order valence-corrected chi connectivity index (χ1v) is 6.73. The maximum absolute atomic E-state index is 13.2. The topological polar surface area (TPSA) is 35.2 Å². The second-order valence-electron chi connectivity index (χ2n) is 3.95. The van der Waals surface area contributed by atoms with E-state index in [2.05, 4.69) is 0 Å². The first-order chi connectivity index (χ1) is 8.58. The second kappa shape index (κ2) is 5.69. The van der Waals surface area contributed by atoms with Crippen LogP contribution < -0.4 is 10.5 Å². The number of halogens is 2. The molecule has 2 nitrogen and oxygen atoms in total. The van der Waals surface area contributed by atoms with E-state index in [1.807, 2.05) is 18.4 Å². The Morgan fingerprint density at radius 2 is 2.22 bits per heavy atom. The molecule has 0 aliphatic carbocycles. The SMILES string of the molecule is C[C@@H](N)c1ccc(F)cc1OCc1sccc1Cl. The summed E-state index contributed by atoms with van der Waals surface area (Å²) in [7, 11) is 0. The molecule has 0 radical (unpaired) electrons. The van der Waals surface area contributed by atoms with Crippen LogP contribution in [-0.4, -0.2) is 0 Å². The molecule has 0 bridgehead atoms. The maximum atomic E-state index is 13.2. The van der Waals surface area contributed by atoms with Crippen molar-refractivity contribution in [3.8, 4) is 5.75 Å². The average molecular weight is 286 g/mol. The third-order valence-corrected chi connectivity index (χ3v) is 3.88. The lowest BCUT2D eigenvalue weighted by Gasteiger charge is -2.13. The van der Waals surface area contributed by atoms with Gasteiger partial charge in [-0.05, 0) is 24.4 Å². The van der Waals surface area contributed by atoms with Crippen LogP contribution in [0.3, 0.4) is 0 Å². The standard InChI is InChI=1S/C13H13ClFNOS/c1-8(16)10-3-2-9(15)6-12(10)17-7-13-11(14)4-5-18-13/h2-6,8H,7,16H2,1H3/t8-/m1/s1. The molecule has 0 fully saturated rings. The molecule has 18 heavy (non-hydrogen) atoms. The van der Waals surface area contributed by atoms with Gasteiger partial charge in [0.2, 0.25) is 0 Å². The third kappa shape index (κ3) is 3.02. The summed E-state index contributed by atoms with van der Waals surface area (Å²) in [5, 5.41) is 2.55. The van der Waals surface area contributed by atoms with E-state index in [0.29, 0.717) is 17.4 Å². The number of nitrogens with two attached hydrogens (primary N) is 1. The van der Waals surface area contributed by atoms with Gasteiger partial charge in [-0.15, -0.1) is 11.3 Å². The van der Waals surface area contributed by atoms with Crippen LogP contribution in [0.5, 0.6) is 5.75 Å². The molecule has 0 saturated carbocycles. The maximum Gasteiger partial charge on any atom is 0.127 e. The Morgan fingerprint density at radius 3 is 2.83 bits per heavy atom. The van der Waals surface area contributed by atoms with Crippen molar-refractivity contribution in [2.75, 3.05) is 0 Å². The van der Waals surface area contributed by atoms with Crippen molar-refractivity contribution < 1.29 is 9.13 Å². The van der Waals surface area contributed by atoms with E-state index < -0.39 is 0 Å². The zero-order chi connectivity index (χ0) is 13.1. The molecule has 5 heteroatoms. The number of thiophene rings is 1. The molecule has 2 aromatic rings. The molecule has 0 saturated heterocycles. The summed E-state index contributed by atoms with van der Waals surface area (Å²) >= 11 is 7.48. The van der Waals surface area contributed by atoms with E-state index in [1.165, 1.54) is 23.5 Å². The van der Waals surface area contributed by atoms with E-state index in [0.717, 1.165) is 10.4 Å². The van der Waals surface area contributed by atoms with Crippen LogP contribution in [0, 0.1) is 5.82 Å². The predicted molar refractivity (Wildman–Crippen MR) is 72.7 cm³/mol. The molecule has 0 unspecified atom stereocenters. The number of rotatable bonds is 4. The lowest BCUT2D eigenvalue weighted by Crippen LogP contribution is -2.08. The van der Waals surface area contributed by atoms with E-state index in [1.54, 1.807) is 6.07 Å². The highest BCUT2D eigenvalue weighted by Crippen LogP contribution is 2.28. The number of ether oxygens (including phenoxy) is 1. The smallest absolute Gasteiger partial charge is 0.127 e. The summed E-state index contributed by atoms with van der Waals surface area (Å²) in [6.45, 7) is 2.15. The second-order valence-corrected chi connectivity index (χ2v) is 5.36. The van der Waals surface area contributed by atoms with Crippen LogP contribution in [-0.2, 0) is 6.61 Å². The van der Waals surface area contributed by atoms with Gasteiger partial charge in [-0.25, -0.2) is 4.39 Å². The number of benzene rings is 1. The van der Waals surface area contributed by atoms with Crippen LogP contribution in [0.25, 0.3) is 0 Å². The largest absolute Gasteiger partial charge is 0.488 e. The molecule has 0 amide bonds. The predicted octanol–water partition coefficient (Wildman–Crippen LogP) is 4.14. The van der Waals surface area contributed by atoms with E-state index >= 15 is 0 Å². The van der Waals surface area contributed by atoms with Crippen LogP contribution in [0.15, 0.2) is 29.6 Å². The molecular weight excluding hydrogens is 273 g/mol. The van der Waals surface area contributed by atoms with E-state index in [-0.39, 0.29) is 11.9 Å². The minimum Gasteiger partial charge on any atom is -0.488 e. The van der Waals surface area contributed by atoms with Crippen molar-refractivity contribution in [3.05, 3.63) is 50.9 Å². The Hall–Kier alpha value is -1.10. The summed E-state index contributed by atoms with van der Waals surface area (Å²) in [5.74, 6) is 0.126. The lowest BCUT2D eigenvalue weighted by molar-refractivity contribution is 0.303.